The van der Waals surface area contributed by atoms with Crippen molar-refractivity contribution >= 4 is 17.3 Å². The standard InChI is InChI=1S/C14H19N3O4/c1-21-13-4-3-11(17(19)20)8-12(13)16-14(18)5-2-10-6-7-15-9-10/h3-4,8,10,15H,2,5-7,9H2,1H3,(H,16,18). The molecule has 1 atom stereocenters. The average molecular weight is 293 g/mol. The second kappa shape index (κ2) is 7.03. The summed E-state index contributed by atoms with van der Waals surface area (Å²) in [4.78, 5) is 22.2. The van der Waals surface area contributed by atoms with Crippen LogP contribution in [0, 0.1) is 16.0 Å². The number of nitrogens with zero attached hydrogens (tertiary/aromatic N) is 1. The first-order valence-corrected chi connectivity index (χ1v) is 6.93. The molecule has 114 valence electrons. The van der Waals surface area contributed by atoms with Crippen LogP contribution in [0.4, 0.5) is 11.4 Å². The minimum absolute atomic E-state index is 0.0777. The minimum Gasteiger partial charge on any atom is -0.495 e. The fourth-order valence-corrected chi connectivity index (χ4v) is 2.42. The van der Waals surface area contributed by atoms with Gasteiger partial charge in [0.2, 0.25) is 5.91 Å². The molecule has 1 fully saturated rings. The summed E-state index contributed by atoms with van der Waals surface area (Å²) in [7, 11) is 1.46. The van der Waals surface area contributed by atoms with E-state index in [-0.39, 0.29) is 11.6 Å². The summed E-state index contributed by atoms with van der Waals surface area (Å²) in [5.41, 5.74) is 0.257. The van der Waals surface area contributed by atoms with E-state index in [1.54, 1.807) is 0 Å². The molecule has 2 rings (SSSR count). The lowest BCUT2D eigenvalue weighted by Crippen LogP contribution is -2.15. The number of nitro benzene ring substituents is 1. The number of benzene rings is 1. The highest BCUT2D eigenvalue weighted by molar-refractivity contribution is 5.92. The van der Waals surface area contributed by atoms with Gasteiger partial charge in [0.15, 0.2) is 0 Å². The quantitative estimate of drug-likeness (QED) is 0.617. The number of hydrogen-bond donors (Lipinski definition) is 2. The normalized spacial score (nSPS) is 17.5. The van der Waals surface area contributed by atoms with Crippen LogP contribution in [0.3, 0.4) is 0 Å². The van der Waals surface area contributed by atoms with E-state index in [0.29, 0.717) is 23.8 Å². The molecule has 0 saturated carbocycles. The Bertz CT molecular complexity index is 527. The van der Waals surface area contributed by atoms with E-state index in [4.69, 9.17) is 4.74 Å². The smallest absolute Gasteiger partial charge is 0.271 e. The predicted molar refractivity (Wildman–Crippen MR) is 78.5 cm³/mol. The van der Waals surface area contributed by atoms with E-state index in [1.807, 2.05) is 0 Å². The van der Waals surface area contributed by atoms with Crippen LogP contribution in [-0.2, 0) is 4.79 Å². The molecule has 1 unspecified atom stereocenters. The lowest BCUT2D eigenvalue weighted by atomic mass is 10.0. The summed E-state index contributed by atoms with van der Waals surface area (Å²) < 4.78 is 5.11. The highest BCUT2D eigenvalue weighted by Crippen LogP contribution is 2.29. The largest absolute Gasteiger partial charge is 0.495 e. The maximum atomic E-state index is 12.0. The Hall–Kier alpha value is -2.15. The van der Waals surface area contributed by atoms with Crippen molar-refractivity contribution in [3.63, 3.8) is 0 Å². The molecular weight excluding hydrogens is 274 g/mol. The van der Waals surface area contributed by atoms with Crippen LogP contribution in [0.5, 0.6) is 5.75 Å². The molecule has 7 heteroatoms. The molecular formula is C14H19N3O4. The fraction of sp³-hybridized carbons (Fsp3) is 0.500. The van der Waals surface area contributed by atoms with Crippen molar-refractivity contribution in [2.45, 2.75) is 19.3 Å². The molecule has 7 nitrogen and oxygen atoms in total. The van der Waals surface area contributed by atoms with Crippen molar-refractivity contribution in [2.75, 3.05) is 25.5 Å². The minimum atomic E-state index is -0.501. The molecule has 0 aromatic heterocycles. The van der Waals surface area contributed by atoms with Gasteiger partial charge in [-0.2, -0.15) is 0 Å². The molecule has 1 aliphatic rings. The lowest BCUT2D eigenvalue weighted by Gasteiger charge is -2.11. The Kier molecular flexibility index (Phi) is 5.10. The van der Waals surface area contributed by atoms with Crippen LogP contribution in [0.2, 0.25) is 0 Å². The van der Waals surface area contributed by atoms with Gasteiger partial charge >= 0.3 is 0 Å². The number of nitrogens with one attached hydrogen (secondary N) is 2. The van der Waals surface area contributed by atoms with Crippen LogP contribution in [0.15, 0.2) is 18.2 Å². The molecule has 21 heavy (non-hydrogen) atoms. The van der Waals surface area contributed by atoms with Crippen LogP contribution < -0.4 is 15.4 Å². The molecule has 0 bridgehead atoms. The molecule has 0 aliphatic carbocycles. The van der Waals surface area contributed by atoms with Gasteiger partial charge < -0.3 is 15.4 Å². The van der Waals surface area contributed by atoms with Gasteiger partial charge in [0, 0.05) is 18.6 Å². The van der Waals surface area contributed by atoms with Gasteiger partial charge in [-0.25, -0.2) is 0 Å². The van der Waals surface area contributed by atoms with E-state index in [2.05, 4.69) is 10.6 Å². The number of nitro groups is 1. The maximum absolute atomic E-state index is 12.0. The summed E-state index contributed by atoms with van der Waals surface area (Å²) in [5, 5.41) is 16.7. The van der Waals surface area contributed by atoms with Gasteiger partial charge in [0.1, 0.15) is 5.75 Å². The molecule has 1 aromatic carbocycles. The van der Waals surface area contributed by atoms with Crippen LogP contribution in [-0.4, -0.2) is 31.0 Å². The highest BCUT2D eigenvalue weighted by atomic mass is 16.6. The van der Waals surface area contributed by atoms with E-state index < -0.39 is 4.92 Å². The zero-order valence-corrected chi connectivity index (χ0v) is 11.9. The Morgan fingerprint density at radius 1 is 1.57 bits per heavy atom. The molecule has 1 saturated heterocycles. The number of rotatable bonds is 6. The number of carbonyl (C=O) groups excluding carboxylic acids is 1. The predicted octanol–water partition coefficient (Wildman–Crippen LogP) is 1.93. The van der Waals surface area contributed by atoms with Gasteiger partial charge in [0.25, 0.3) is 5.69 Å². The first-order chi connectivity index (χ1) is 10.1. The number of methoxy groups -OCH3 is 1. The van der Waals surface area contributed by atoms with Gasteiger partial charge in [-0.15, -0.1) is 0 Å². The van der Waals surface area contributed by atoms with Crippen molar-refractivity contribution < 1.29 is 14.5 Å². The van der Waals surface area contributed by atoms with Gasteiger partial charge in [-0.3, -0.25) is 14.9 Å². The van der Waals surface area contributed by atoms with E-state index in [0.717, 1.165) is 25.9 Å². The van der Waals surface area contributed by atoms with Gasteiger partial charge in [0.05, 0.1) is 17.7 Å². The topological polar surface area (TPSA) is 93.5 Å². The molecule has 1 aliphatic heterocycles. The van der Waals surface area contributed by atoms with Crippen molar-refractivity contribution in [1.29, 1.82) is 0 Å². The van der Waals surface area contributed by atoms with Crippen molar-refractivity contribution in [3.05, 3.63) is 28.3 Å². The summed E-state index contributed by atoms with van der Waals surface area (Å²) in [6.07, 6.45) is 2.31. The number of carbonyl (C=O) groups is 1. The highest BCUT2D eigenvalue weighted by Gasteiger charge is 2.17. The first-order valence-electron chi connectivity index (χ1n) is 6.93. The monoisotopic (exact) mass is 293 g/mol. The third-order valence-electron chi connectivity index (χ3n) is 3.61. The molecule has 1 heterocycles. The SMILES string of the molecule is COc1ccc([N+](=O)[O-])cc1NC(=O)CCC1CCNC1. The summed E-state index contributed by atoms with van der Waals surface area (Å²) in [5.74, 6) is 0.792. The van der Waals surface area contributed by atoms with E-state index in [9.17, 15) is 14.9 Å². The fourth-order valence-electron chi connectivity index (χ4n) is 2.42. The zero-order chi connectivity index (χ0) is 15.2. The second-order valence-corrected chi connectivity index (χ2v) is 5.09. The number of hydrogen-bond acceptors (Lipinski definition) is 5. The Labute approximate surface area is 122 Å². The van der Waals surface area contributed by atoms with E-state index >= 15 is 0 Å². The third kappa shape index (κ3) is 4.16. The number of ether oxygens (including phenoxy) is 1. The van der Waals surface area contributed by atoms with Gasteiger partial charge in [-0.1, -0.05) is 0 Å². The summed E-state index contributed by atoms with van der Waals surface area (Å²) in [6.45, 7) is 1.96. The first kappa shape index (κ1) is 15.2. The number of amides is 1. The Morgan fingerprint density at radius 3 is 3.00 bits per heavy atom. The van der Waals surface area contributed by atoms with Crippen LogP contribution in [0.1, 0.15) is 19.3 Å². The maximum Gasteiger partial charge on any atom is 0.271 e. The van der Waals surface area contributed by atoms with Crippen molar-refractivity contribution in [3.8, 4) is 5.75 Å². The molecule has 0 radical (unpaired) electrons. The Morgan fingerprint density at radius 2 is 2.38 bits per heavy atom. The number of non-ortho nitro benzene ring substituents is 1. The lowest BCUT2D eigenvalue weighted by molar-refractivity contribution is -0.384. The van der Waals surface area contributed by atoms with Crippen LogP contribution >= 0.6 is 0 Å². The van der Waals surface area contributed by atoms with Crippen LogP contribution in [0.25, 0.3) is 0 Å². The number of anilines is 1. The zero-order valence-electron chi connectivity index (χ0n) is 11.9. The molecule has 0 spiro atoms. The average Bonchev–Trinajstić information content (AvgIpc) is 2.98. The Balaban J connectivity index is 1.97. The van der Waals surface area contributed by atoms with Crippen molar-refractivity contribution in [2.24, 2.45) is 5.92 Å². The summed E-state index contributed by atoms with van der Waals surface area (Å²) in [6, 6.07) is 4.14. The summed E-state index contributed by atoms with van der Waals surface area (Å²) >= 11 is 0. The second-order valence-electron chi connectivity index (χ2n) is 5.09. The van der Waals surface area contributed by atoms with Crippen molar-refractivity contribution in [1.82, 2.24) is 5.32 Å². The molecule has 2 N–H and O–H groups in total. The molecule has 1 aromatic rings. The van der Waals surface area contributed by atoms with Gasteiger partial charge in [-0.05, 0) is 37.9 Å². The molecule has 1 amide bonds. The van der Waals surface area contributed by atoms with E-state index in [1.165, 1.54) is 25.3 Å². The third-order valence-corrected chi connectivity index (χ3v) is 3.61.